The Morgan fingerprint density at radius 1 is 1.27 bits per heavy atom. The van der Waals surface area contributed by atoms with Crippen molar-refractivity contribution in [2.75, 3.05) is 6.61 Å². The Bertz CT molecular complexity index is 870. The van der Waals surface area contributed by atoms with Gasteiger partial charge in [0.2, 0.25) is 0 Å². The van der Waals surface area contributed by atoms with Gasteiger partial charge in [0.15, 0.2) is 0 Å². The normalized spacial score (nSPS) is 13.4. The average molecular weight is 380 g/mol. The van der Waals surface area contributed by atoms with E-state index in [4.69, 9.17) is 9.47 Å². The summed E-state index contributed by atoms with van der Waals surface area (Å²) >= 11 is 1.13. The molecule has 2 atom stereocenters. The van der Waals surface area contributed by atoms with E-state index < -0.39 is 18.0 Å². The molecule has 2 aromatic heterocycles. The van der Waals surface area contributed by atoms with Crippen LogP contribution in [0, 0.1) is 6.92 Å². The molecule has 0 N–H and O–H groups in total. The van der Waals surface area contributed by atoms with E-state index in [1.807, 2.05) is 13.8 Å². The van der Waals surface area contributed by atoms with Gasteiger partial charge in [-0.2, -0.15) is 0 Å². The molecule has 0 spiro atoms. The van der Waals surface area contributed by atoms with Gasteiger partial charge in [-0.15, -0.1) is 11.3 Å². The van der Waals surface area contributed by atoms with Gasteiger partial charge in [-0.25, -0.2) is 14.6 Å². The second-order valence-electron chi connectivity index (χ2n) is 5.99. The molecule has 0 bridgehead atoms. The van der Waals surface area contributed by atoms with Gasteiger partial charge in [-0.3, -0.25) is 9.36 Å². The topological polar surface area (TPSA) is 87.5 Å². The molecule has 0 saturated heterocycles. The number of rotatable bonds is 7. The highest BCUT2D eigenvalue weighted by Gasteiger charge is 2.26. The van der Waals surface area contributed by atoms with Crippen molar-refractivity contribution in [1.29, 1.82) is 0 Å². The molecule has 0 aromatic carbocycles. The van der Waals surface area contributed by atoms with Crippen molar-refractivity contribution >= 4 is 33.5 Å². The van der Waals surface area contributed by atoms with E-state index >= 15 is 0 Å². The molecule has 2 rings (SSSR count). The summed E-state index contributed by atoms with van der Waals surface area (Å²) in [5.74, 6) is -0.925. The number of hydrogen-bond donors (Lipinski definition) is 0. The third-order valence-electron chi connectivity index (χ3n) is 4.23. The van der Waals surface area contributed by atoms with Crippen LogP contribution in [0.2, 0.25) is 0 Å². The fraction of sp³-hybridized carbons (Fsp3) is 0.556. The number of esters is 2. The first-order valence-electron chi connectivity index (χ1n) is 8.73. The van der Waals surface area contributed by atoms with Crippen LogP contribution < -0.4 is 5.56 Å². The molecule has 2 heterocycles. The van der Waals surface area contributed by atoms with E-state index in [1.165, 1.54) is 10.9 Å². The fourth-order valence-electron chi connectivity index (χ4n) is 2.59. The second kappa shape index (κ2) is 8.44. The van der Waals surface area contributed by atoms with Crippen molar-refractivity contribution in [1.82, 2.24) is 9.55 Å². The molecular weight excluding hydrogens is 356 g/mol. The molecule has 0 amide bonds. The highest BCUT2D eigenvalue weighted by molar-refractivity contribution is 7.20. The smallest absolute Gasteiger partial charge is 0.348 e. The van der Waals surface area contributed by atoms with Crippen LogP contribution >= 0.6 is 11.3 Å². The molecule has 2 aromatic rings. The maximum Gasteiger partial charge on any atom is 0.348 e. The third-order valence-corrected chi connectivity index (χ3v) is 5.41. The van der Waals surface area contributed by atoms with Gasteiger partial charge in [0.05, 0.1) is 24.4 Å². The maximum atomic E-state index is 12.9. The average Bonchev–Trinajstić information content (AvgIpc) is 2.95. The molecule has 2 unspecified atom stereocenters. The molecule has 142 valence electrons. The van der Waals surface area contributed by atoms with E-state index in [0.717, 1.165) is 11.3 Å². The Morgan fingerprint density at radius 2 is 1.96 bits per heavy atom. The third kappa shape index (κ3) is 3.80. The van der Waals surface area contributed by atoms with Crippen molar-refractivity contribution in [3.63, 3.8) is 0 Å². The highest BCUT2D eigenvalue weighted by Crippen LogP contribution is 2.28. The minimum Gasteiger partial charge on any atom is -0.464 e. The summed E-state index contributed by atoms with van der Waals surface area (Å²) in [6.45, 7) is 9.20. The Hall–Kier alpha value is -2.22. The lowest BCUT2D eigenvalue weighted by Crippen LogP contribution is -2.31. The number of hydrogen-bond acceptors (Lipinski definition) is 7. The SMILES string of the molecule is CCOC(=O)C(CC)n1cnc2sc(C(=O)OC(C)CC)c(C)c2c1=O. The van der Waals surface area contributed by atoms with Gasteiger partial charge in [0.1, 0.15) is 15.7 Å². The monoisotopic (exact) mass is 380 g/mol. The minimum atomic E-state index is -0.742. The predicted molar refractivity (Wildman–Crippen MR) is 99.7 cm³/mol. The Morgan fingerprint density at radius 3 is 2.54 bits per heavy atom. The van der Waals surface area contributed by atoms with Crippen LogP contribution in [0.4, 0.5) is 0 Å². The zero-order valence-corrected chi connectivity index (χ0v) is 16.5. The molecular formula is C18H24N2O5S. The van der Waals surface area contributed by atoms with Crippen molar-refractivity contribution in [3.8, 4) is 0 Å². The highest BCUT2D eigenvalue weighted by atomic mass is 32.1. The molecule has 0 radical (unpaired) electrons. The Balaban J connectivity index is 2.52. The van der Waals surface area contributed by atoms with E-state index in [1.54, 1.807) is 20.8 Å². The number of fused-ring (bicyclic) bond motifs is 1. The van der Waals surface area contributed by atoms with Gasteiger partial charge >= 0.3 is 11.9 Å². The van der Waals surface area contributed by atoms with Gasteiger partial charge in [0.25, 0.3) is 5.56 Å². The predicted octanol–water partition coefficient (Wildman–Crippen LogP) is 3.24. The molecule has 8 heteroatoms. The zero-order chi connectivity index (χ0) is 19.4. The van der Waals surface area contributed by atoms with Crippen LogP contribution in [0.1, 0.15) is 61.8 Å². The fourth-order valence-corrected chi connectivity index (χ4v) is 3.61. The Labute approximate surface area is 155 Å². The van der Waals surface area contributed by atoms with Crippen molar-refractivity contribution in [2.24, 2.45) is 0 Å². The molecule has 7 nitrogen and oxygen atoms in total. The molecule has 0 fully saturated rings. The first kappa shape index (κ1) is 20.1. The molecule has 0 saturated carbocycles. The summed E-state index contributed by atoms with van der Waals surface area (Å²) in [4.78, 5) is 42.5. The summed E-state index contributed by atoms with van der Waals surface area (Å²) in [5, 5.41) is 0.344. The number of aryl methyl sites for hydroxylation is 1. The standard InChI is InChI=1S/C18H24N2O5S/c1-6-10(4)25-18(23)14-11(5)13-15(26-14)19-9-20(16(13)21)12(7-2)17(22)24-8-3/h9-10,12H,6-8H2,1-5H3. The number of carbonyl (C=O) groups is 2. The number of nitrogens with zero attached hydrogens (tertiary/aromatic N) is 2. The maximum absolute atomic E-state index is 12.9. The first-order chi connectivity index (χ1) is 12.3. The summed E-state index contributed by atoms with van der Waals surface area (Å²) < 4.78 is 11.7. The van der Waals surface area contributed by atoms with E-state index in [0.29, 0.717) is 33.5 Å². The number of aromatic nitrogens is 2. The van der Waals surface area contributed by atoms with Gasteiger partial charge < -0.3 is 9.47 Å². The summed E-state index contributed by atoms with van der Waals surface area (Å²) in [6.07, 6.45) is 2.25. The summed E-state index contributed by atoms with van der Waals surface area (Å²) in [6, 6.07) is -0.742. The lowest BCUT2D eigenvalue weighted by Gasteiger charge is -2.16. The van der Waals surface area contributed by atoms with Crippen molar-refractivity contribution < 1.29 is 19.1 Å². The zero-order valence-electron chi connectivity index (χ0n) is 15.7. The largest absolute Gasteiger partial charge is 0.464 e. The van der Waals surface area contributed by atoms with Crippen LogP contribution in [0.15, 0.2) is 11.1 Å². The minimum absolute atomic E-state index is 0.204. The van der Waals surface area contributed by atoms with Crippen LogP contribution in [0.25, 0.3) is 10.2 Å². The van der Waals surface area contributed by atoms with E-state index in [-0.39, 0.29) is 18.3 Å². The molecule has 26 heavy (non-hydrogen) atoms. The van der Waals surface area contributed by atoms with Crippen molar-refractivity contribution in [3.05, 3.63) is 27.1 Å². The van der Waals surface area contributed by atoms with Crippen LogP contribution in [-0.4, -0.2) is 34.2 Å². The molecule has 0 aliphatic carbocycles. The van der Waals surface area contributed by atoms with E-state index in [9.17, 15) is 14.4 Å². The summed E-state index contributed by atoms with van der Waals surface area (Å²) in [5.41, 5.74) is 0.176. The number of carbonyl (C=O) groups excluding carboxylic acids is 2. The number of ether oxygens (including phenoxy) is 2. The van der Waals surface area contributed by atoms with Gasteiger partial charge in [0, 0.05) is 0 Å². The Kier molecular flexibility index (Phi) is 6.52. The van der Waals surface area contributed by atoms with Gasteiger partial charge in [-0.05, 0) is 39.2 Å². The number of thiophene rings is 1. The quantitative estimate of drug-likeness (QED) is 0.685. The van der Waals surface area contributed by atoms with Gasteiger partial charge in [-0.1, -0.05) is 13.8 Å². The summed E-state index contributed by atoms with van der Waals surface area (Å²) in [7, 11) is 0. The first-order valence-corrected chi connectivity index (χ1v) is 9.55. The second-order valence-corrected chi connectivity index (χ2v) is 6.99. The van der Waals surface area contributed by atoms with Crippen LogP contribution in [0.3, 0.4) is 0 Å². The lowest BCUT2D eigenvalue weighted by molar-refractivity contribution is -0.147. The lowest BCUT2D eigenvalue weighted by atomic mass is 10.2. The van der Waals surface area contributed by atoms with Crippen LogP contribution in [-0.2, 0) is 14.3 Å². The van der Waals surface area contributed by atoms with Crippen LogP contribution in [0.5, 0.6) is 0 Å². The molecule has 0 aliphatic heterocycles. The molecule has 0 aliphatic rings. The van der Waals surface area contributed by atoms with E-state index in [2.05, 4.69) is 4.98 Å². The van der Waals surface area contributed by atoms with Crippen molar-refractivity contribution in [2.45, 2.75) is 59.6 Å².